The highest BCUT2D eigenvalue weighted by molar-refractivity contribution is 5.31. The van der Waals surface area contributed by atoms with Gasteiger partial charge in [0, 0.05) is 6.07 Å². The Balaban J connectivity index is 1.84. The lowest BCUT2D eigenvalue weighted by Gasteiger charge is -2.05. The molecule has 0 fully saturated rings. The fourth-order valence-electron chi connectivity index (χ4n) is 1.59. The second kappa shape index (κ2) is 5.91. The minimum atomic E-state index is 0.252. The molecule has 2 aromatic rings. The lowest BCUT2D eigenvalue weighted by molar-refractivity contribution is -0.697. The molecule has 0 radical (unpaired) electrons. The zero-order valence-corrected chi connectivity index (χ0v) is 10.2. The van der Waals surface area contributed by atoms with Crippen molar-refractivity contribution < 1.29 is 19.1 Å². The highest BCUT2D eigenvalue weighted by atomic mass is 16.5. The molecule has 2 rings (SSSR count). The average molecular weight is 246 g/mol. The van der Waals surface area contributed by atoms with Gasteiger partial charge in [-0.15, -0.1) is 0 Å². The van der Waals surface area contributed by atoms with Gasteiger partial charge in [-0.05, 0) is 30.3 Å². The van der Waals surface area contributed by atoms with Crippen LogP contribution >= 0.6 is 0 Å². The molecule has 4 nitrogen and oxygen atoms in total. The fraction of sp³-hybridized carbons (Fsp3) is 0.214. The van der Waals surface area contributed by atoms with Crippen LogP contribution in [0.25, 0.3) is 0 Å². The summed E-state index contributed by atoms with van der Waals surface area (Å²) in [5, 5.41) is 9.31. The van der Waals surface area contributed by atoms with Crippen molar-refractivity contribution in [2.24, 2.45) is 0 Å². The minimum Gasteiger partial charge on any atom is -0.503 e. The van der Waals surface area contributed by atoms with Crippen LogP contribution in [0.15, 0.2) is 48.8 Å². The molecule has 0 saturated heterocycles. The Morgan fingerprint density at radius 1 is 1.11 bits per heavy atom. The first-order valence-electron chi connectivity index (χ1n) is 5.73. The van der Waals surface area contributed by atoms with E-state index in [0.29, 0.717) is 13.2 Å². The molecule has 4 heteroatoms. The van der Waals surface area contributed by atoms with Gasteiger partial charge < -0.3 is 14.6 Å². The molecule has 1 aromatic carbocycles. The quantitative estimate of drug-likeness (QED) is 0.818. The van der Waals surface area contributed by atoms with Crippen molar-refractivity contribution in [1.29, 1.82) is 0 Å². The van der Waals surface area contributed by atoms with E-state index in [9.17, 15) is 5.11 Å². The molecular weight excluding hydrogens is 230 g/mol. The summed E-state index contributed by atoms with van der Waals surface area (Å²) in [6.45, 7) is 1.22. The van der Waals surface area contributed by atoms with Crippen LogP contribution in [0.1, 0.15) is 0 Å². The maximum Gasteiger partial charge on any atom is 0.211 e. The first-order chi connectivity index (χ1) is 8.78. The summed E-state index contributed by atoms with van der Waals surface area (Å²) < 4.78 is 12.5. The van der Waals surface area contributed by atoms with Crippen LogP contribution in [0.3, 0.4) is 0 Å². The molecule has 0 amide bonds. The van der Waals surface area contributed by atoms with E-state index >= 15 is 0 Å². The number of aromatic hydroxyl groups is 1. The molecule has 0 bridgehead atoms. The predicted molar refractivity (Wildman–Crippen MR) is 66.8 cm³/mol. The van der Waals surface area contributed by atoms with Gasteiger partial charge in [-0.1, -0.05) is 0 Å². The smallest absolute Gasteiger partial charge is 0.211 e. The first-order valence-corrected chi connectivity index (χ1v) is 5.73. The van der Waals surface area contributed by atoms with Gasteiger partial charge in [-0.25, -0.2) is 0 Å². The predicted octanol–water partition coefficient (Wildman–Crippen LogP) is 1.77. The number of methoxy groups -OCH3 is 1. The number of benzene rings is 1. The van der Waals surface area contributed by atoms with Crippen molar-refractivity contribution in [3.8, 4) is 17.2 Å². The van der Waals surface area contributed by atoms with Crippen LogP contribution in [0.2, 0.25) is 0 Å². The maximum atomic E-state index is 9.31. The van der Waals surface area contributed by atoms with Crippen molar-refractivity contribution in [2.45, 2.75) is 6.54 Å². The third-order valence-electron chi connectivity index (χ3n) is 2.52. The van der Waals surface area contributed by atoms with Gasteiger partial charge in [-0.2, -0.15) is 4.57 Å². The second-order valence-electron chi connectivity index (χ2n) is 3.82. The zero-order chi connectivity index (χ0) is 12.8. The van der Waals surface area contributed by atoms with E-state index in [1.54, 1.807) is 25.4 Å². The summed E-state index contributed by atoms with van der Waals surface area (Å²) in [7, 11) is 1.63. The number of pyridine rings is 1. The molecular formula is C14H16NO3+. The van der Waals surface area contributed by atoms with Crippen LogP contribution in [0.5, 0.6) is 17.2 Å². The molecule has 0 unspecified atom stereocenters. The van der Waals surface area contributed by atoms with Gasteiger partial charge in [0.1, 0.15) is 18.1 Å². The summed E-state index contributed by atoms with van der Waals surface area (Å²) in [6.07, 6.45) is 3.55. The first kappa shape index (κ1) is 12.2. The van der Waals surface area contributed by atoms with Crippen LogP contribution in [0.4, 0.5) is 0 Å². The Morgan fingerprint density at radius 2 is 1.83 bits per heavy atom. The van der Waals surface area contributed by atoms with Gasteiger partial charge in [0.05, 0.1) is 7.11 Å². The van der Waals surface area contributed by atoms with Crippen LogP contribution in [0, 0.1) is 0 Å². The summed E-state index contributed by atoms with van der Waals surface area (Å²) in [4.78, 5) is 0. The van der Waals surface area contributed by atoms with Crippen LogP contribution in [-0.2, 0) is 6.54 Å². The van der Waals surface area contributed by atoms with E-state index in [2.05, 4.69) is 0 Å². The highest BCUT2D eigenvalue weighted by Gasteiger charge is 2.02. The number of rotatable bonds is 5. The molecule has 0 atom stereocenters. The Hall–Kier alpha value is -2.23. The molecule has 1 aromatic heterocycles. The van der Waals surface area contributed by atoms with E-state index in [0.717, 1.165) is 11.5 Å². The van der Waals surface area contributed by atoms with Crippen molar-refractivity contribution in [3.63, 3.8) is 0 Å². The largest absolute Gasteiger partial charge is 0.503 e. The number of hydrogen-bond donors (Lipinski definition) is 1. The summed E-state index contributed by atoms with van der Waals surface area (Å²) in [6, 6.07) is 10.9. The van der Waals surface area contributed by atoms with Crippen molar-refractivity contribution >= 4 is 0 Å². The lowest BCUT2D eigenvalue weighted by Crippen LogP contribution is -2.35. The van der Waals surface area contributed by atoms with Crippen molar-refractivity contribution in [2.75, 3.05) is 13.7 Å². The van der Waals surface area contributed by atoms with Gasteiger partial charge in [0.15, 0.2) is 18.5 Å². The van der Waals surface area contributed by atoms with Crippen molar-refractivity contribution in [1.82, 2.24) is 0 Å². The Bertz CT molecular complexity index is 497. The van der Waals surface area contributed by atoms with E-state index in [-0.39, 0.29) is 5.75 Å². The molecule has 18 heavy (non-hydrogen) atoms. The number of aromatic nitrogens is 1. The molecule has 1 N–H and O–H groups in total. The molecule has 0 aliphatic carbocycles. The molecule has 0 aliphatic rings. The fourth-order valence-corrected chi connectivity index (χ4v) is 1.59. The Labute approximate surface area is 106 Å². The standard InChI is InChI=1S/C14H15NO3/c1-17-13-4-6-14(7-5-13)18-10-9-15-8-2-3-12(16)11-15/h2-8,11H,9-10H2,1H3/p+1. The zero-order valence-electron chi connectivity index (χ0n) is 10.2. The Kier molecular flexibility index (Phi) is 4.02. The van der Waals surface area contributed by atoms with Crippen molar-refractivity contribution in [3.05, 3.63) is 48.8 Å². The summed E-state index contributed by atoms with van der Waals surface area (Å²) in [5.74, 6) is 1.86. The monoisotopic (exact) mass is 246 g/mol. The number of nitrogens with zero attached hydrogens (tertiary/aromatic N) is 1. The normalized spacial score (nSPS) is 10.1. The van der Waals surface area contributed by atoms with E-state index < -0.39 is 0 Å². The average Bonchev–Trinajstić information content (AvgIpc) is 2.40. The SMILES string of the molecule is COc1ccc(OCC[n+]2cccc(O)c2)cc1. The highest BCUT2D eigenvalue weighted by Crippen LogP contribution is 2.16. The van der Waals surface area contributed by atoms with Gasteiger partial charge >= 0.3 is 0 Å². The van der Waals surface area contributed by atoms with E-state index in [1.165, 1.54) is 0 Å². The van der Waals surface area contributed by atoms with Gasteiger partial charge in [-0.3, -0.25) is 0 Å². The van der Waals surface area contributed by atoms with Crippen LogP contribution in [-0.4, -0.2) is 18.8 Å². The molecule has 1 heterocycles. The van der Waals surface area contributed by atoms with Gasteiger partial charge in [0.25, 0.3) is 0 Å². The minimum absolute atomic E-state index is 0.252. The number of hydrogen-bond acceptors (Lipinski definition) is 3. The topological polar surface area (TPSA) is 42.6 Å². The second-order valence-corrected chi connectivity index (χ2v) is 3.82. The molecule has 0 saturated carbocycles. The third kappa shape index (κ3) is 3.38. The summed E-state index contributed by atoms with van der Waals surface area (Å²) in [5.41, 5.74) is 0. The van der Waals surface area contributed by atoms with E-state index in [4.69, 9.17) is 9.47 Å². The van der Waals surface area contributed by atoms with E-state index in [1.807, 2.05) is 35.0 Å². The maximum absolute atomic E-state index is 9.31. The molecule has 0 spiro atoms. The summed E-state index contributed by atoms with van der Waals surface area (Å²) >= 11 is 0. The number of ether oxygens (including phenoxy) is 2. The lowest BCUT2D eigenvalue weighted by atomic mass is 10.3. The van der Waals surface area contributed by atoms with Gasteiger partial charge in [0.2, 0.25) is 6.20 Å². The van der Waals surface area contributed by atoms with Crippen LogP contribution < -0.4 is 14.0 Å². The molecule has 94 valence electrons. The molecule has 0 aliphatic heterocycles. The third-order valence-corrected chi connectivity index (χ3v) is 2.52. The Morgan fingerprint density at radius 3 is 2.50 bits per heavy atom.